The van der Waals surface area contributed by atoms with E-state index in [4.69, 9.17) is 0 Å². The number of carbonyl (C=O) groups excluding carboxylic acids is 1. The molecule has 2 aromatic rings. The molecule has 1 heterocycles. The van der Waals surface area contributed by atoms with Gasteiger partial charge in [-0.05, 0) is 58.7 Å². The minimum atomic E-state index is -0.202. The summed E-state index contributed by atoms with van der Waals surface area (Å²) in [6.45, 7) is 16.0. The summed E-state index contributed by atoms with van der Waals surface area (Å²) in [6.07, 6.45) is 9.04. The molecular formula is C27H38N2O2. The maximum Gasteiger partial charge on any atom is 0.246 e. The molecule has 4 nitrogen and oxygen atoms in total. The number of nitrogens with zero attached hydrogens (tertiary/aromatic N) is 2. The standard InChI is InChI=1S/C27H38N2O2/c1-8-9-16-29(19-20-12-14-28-15-13-20)24(30)11-10-21-17-22(26(2,3)4)25(31)23(18-21)27(5,6)7/h10-15,17-18,31H,8-9,16,19H2,1-7H3/b11-10+. The normalized spacial score (nSPS) is 12.4. The number of carbonyl (C=O) groups is 1. The Morgan fingerprint density at radius 2 is 1.58 bits per heavy atom. The Kier molecular flexibility index (Phi) is 8.05. The van der Waals surface area contributed by atoms with E-state index in [1.54, 1.807) is 18.5 Å². The molecule has 168 valence electrons. The number of unbranched alkanes of at least 4 members (excludes halogenated alkanes) is 1. The van der Waals surface area contributed by atoms with Crippen LogP contribution in [0.15, 0.2) is 42.7 Å². The van der Waals surface area contributed by atoms with Gasteiger partial charge in [-0.3, -0.25) is 9.78 Å². The van der Waals surface area contributed by atoms with Crippen LogP contribution in [0.4, 0.5) is 0 Å². The van der Waals surface area contributed by atoms with Gasteiger partial charge in [0.2, 0.25) is 5.91 Å². The Morgan fingerprint density at radius 3 is 2.06 bits per heavy atom. The summed E-state index contributed by atoms with van der Waals surface area (Å²) < 4.78 is 0. The summed E-state index contributed by atoms with van der Waals surface area (Å²) in [6, 6.07) is 7.88. The molecule has 2 rings (SSSR count). The SMILES string of the molecule is CCCCN(Cc1ccncc1)C(=O)/C=C/c1cc(C(C)(C)C)c(O)c(C(C)(C)C)c1. The van der Waals surface area contributed by atoms with Crippen LogP contribution in [-0.2, 0) is 22.2 Å². The third-order valence-corrected chi connectivity index (χ3v) is 5.38. The number of hydrogen-bond donors (Lipinski definition) is 1. The number of phenolic OH excluding ortho intramolecular Hbond substituents is 1. The van der Waals surface area contributed by atoms with Crippen LogP contribution in [0.1, 0.15) is 83.6 Å². The van der Waals surface area contributed by atoms with E-state index < -0.39 is 0 Å². The van der Waals surface area contributed by atoms with Crippen molar-refractivity contribution in [3.05, 3.63) is 65.0 Å². The van der Waals surface area contributed by atoms with Crippen molar-refractivity contribution in [2.45, 2.75) is 78.7 Å². The largest absolute Gasteiger partial charge is 0.507 e. The molecule has 0 aliphatic rings. The van der Waals surface area contributed by atoms with Crippen molar-refractivity contribution in [3.8, 4) is 5.75 Å². The Bertz CT molecular complexity index is 868. The van der Waals surface area contributed by atoms with E-state index in [1.807, 2.05) is 35.2 Å². The predicted molar refractivity (Wildman–Crippen MR) is 129 cm³/mol. The number of aromatic hydroxyl groups is 1. The van der Waals surface area contributed by atoms with E-state index in [-0.39, 0.29) is 16.7 Å². The quantitative estimate of drug-likeness (QED) is 0.539. The van der Waals surface area contributed by atoms with Crippen LogP contribution in [0, 0.1) is 0 Å². The van der Waals surface area contributed by atoms with Crippen LogP contribution < -0.4 is 0 Å². The van der Waals surface area contributed by atoms with E-state index in [2.05, 4.69) is 53.5 Å². The molecule has 0 spiro atoms. The molecule has 0 fully saturated rings. The molecule has 1 N–H and O–H groups in total. The Balaban J connectivity index is 2.35. The molecule has 0 saturated heterocycles. The van der Waals surface area contributed by atoms with Gasteiger partial charge in [-0.15, -0.1) is 0 Å². The van der Waals surface area contributed by atoms with Gasteiger partial charge >= 0.3 is 0 Å². The first-order chi connectivity index (χ1) is 14.4. The van der Waals surface area contributed by atoms with E-state index in [9.17, 15) is 9.90 Å². The average Bonchev–Trinajstić information content (AvgIpc) is 2.69. The lowest BCUT2D eigenvalue weighted by atomic mass is 9.78. The van der Waals surface area contributed by atoms with E-state index in [1.165, 1.54) is 0 Å². The van der Waals surface area contributed by atoms with Crippen LogP contribution in [0.2, 0.25) is 0 Å². The zero-order valence-electron chi connectivity index (χ0n) is 20.2. The van der Waals surface area contributed by atoms with Crippen molar-refractivity contribution in [3.63, 3.8) is 0 Å². The second-order valence-electron chi connectivity index (χ2n) is 10.3. The van der Waals surface area contributed by atoms with Crippen molar-refractivity contribution < 1.29 is 9.90 Å². The molecule has 0 saturated carbocycles. The molecule has 1 aromatic heterocycles. The first-order valence-electron chi connectivity index (χ1n) is 11.2. The zero-order valence-corrected chi connectivity index (χ0v) is 20.2. The van der Waals surface area contributed by atoms with Crippen LogP contribution in [-0.4, -0.2) is 27.4 Å². The first kappa shape index (κ1) is 24.6. The van der Waals surface area contributed by atoms with Crippen molar-refractivity contribution >= 4 is 12.0 Å². The van der Waals surface area contributed by atoms with Gasteiger partial charge in [-0.1, -0.05) is 54.9 Å². The van der Waals surface area contributed by atoms with E-state index >= 15 is 0 Å². The second kappa shape index (κ2) is 10.1. The fraction of sp³-hybridized carbons (Fsp3) is 0.481. The summed E-state index contributed by atoms with van der Waals surface area (Å²) in [4.78, 5) is 19.0. The fourth-order valence-corrected chi connectivity index (χ4v) is 3.49. The summed E-state index contributed by atoms with van der Waals surface area (Å²) in [5.74, 6) is 0.346. The van der Waals surface area contributed by atoms with Gasteiger partial charge in [-0.25, -0.2) is 0 Å². The van der Waals surface area contributed by atoms with Gasteiger partial charge in [0.05, 0.1) is 0 Å². The minimum absolute atomic E-state index is 0.00652. The molecule has 0 atom stereocenters. The molecule has 4 heteroatoms. The predicted octanol–water partition coefficient (Wildman–Crippen LogP) is 6.22. The van der Waals surface area contributed by atoms with Crippen molar-refractivity contribution in [1.29, 1.82) is 0 Å². The molecule has 0 aliphatic heterocycles. The Morgan fingerprint density at radius 1 is 1.03 bits per heavy atom. The van der Waals surface area contributed by atoms with Gasteiger partial charge in [0, 0.05) is 42.7 Å². The lowest BCUT2D eigenvalue weighted by Gasteiger charge is -2.28. The average molecular weight is 423 g/mol. The number of hydrogen-bond acceptors (Lipinski definition) is 3. The van der Waals surface area contributed by atoms with Gasteiger partial charge in [0.25, 0.3) is 0 Å². The van der Waals surface area contributed by atoms with E-state index in [0.717, 1.165) is 41.6 Å². The second-order valence-corrected chi connectivity index (χ2v) is 10.3. The number of phenols is 1. The third-order valence-electron chi connectivity index (χ3n) is 5.38. The van der Waals surface area contributed by atoms with Gasteiger partial charge in [0.1, 0.15) is 5.75 Å². The molecule has 0 unspecified atom stereocenters. The molecule has 0 radical (unpaired) electrons. The summed E-state index contributed by atoms with van der Waals surface area (Å²) >= 11 is 0. The van der Waals surface area contributed by atoms with Crippen LogP contribution in [0.25, 0.3) is 6.08 Å². The summed E-state index contributed by atoms with van der Waals surface area (Å²) in [5, 5.41) is 10.9. The maximum absolute atomic E-state index is 13.0. The number of benzene rings is 1. The van der Waals surface area contributed by atoms with Crippen LogP contribution >= 0.6 is 0 Å². The van der Waals surface area contributed by atoms with Crippen molar-refractivity contribution in [1.82, 2.24) is 9.88 Å². The van der Waals surface area contributed by atoms with Crippen LogP contribution in [0.5, 0.6) is 5.75 Å². The molecule has 1 aromatic carbocycles. The van der Waals surface area contributed by atoms with Crippen LogP contribution in [0.3, 0.4) is 0 Å². The molecule has 0 bridgehead atoms. The van der Waals surface area contributed by atoms with Crippen molar-refractivity contribution in [2.24, 2.45) is 0 Å². The highest BCUT2D eigenvalue weighted by Crippen LogP contribution is 2.40. The smallest absolute Gasteiger partial charge is 0.246 e. The van der Waals surface area contributed by atoms with Crippen molar-refractivity contribution in [2.75, 3.05) is 6.54 Å². The summed E-state index contributed by atoms with van der Waals surface area (Å²) in [7, 11) is 0. The third kappa shape index (κ3) is 6.95. The number of pyridine rings is 1. The molecular weight excluding hydrogens is 384 g/mol. The van der Waals surface area contributed by atoms with E-state index in [0.29, 0.717) is 12.3 Å². The Hall–Kier alpha value is -2.62. The summed E-state index contributed by atoms with van der Waals surface area (Å²) in [5.41, 5.74) is 3.39. The number of rotatable bonds is 7. The zero-order chi connectivity index (χ0) is 23.2. The molecule has 31 heavy (non-hydrogen) atoms. The highest BCUT2D eigenvalue weighted by atomic mass is 16.3. The van der Waals surface area contributed by atoms with Gasteiger partial charge in [0.15, 0.2) is 0 Å². The fourth-order valence-electron chi connectivity index (χ4n) is 3.49. The lowest BCUT2D eigenvalue weighted by molar-refractivity contribution is -0.126. The highest BCUT2D eigenvalue weighted by molar-refractivity contribution is 5.92. The first-order valence-corrected chi connectivity index (χ1v) is 11.2. The lowest BCUT2D eigenvalue weighted by Crippen LogP contribution is -2.30. The molecule has 1 amide bonds. The molecule has 0 aliphatic carbocycles. The topological polar surface area (TPSA) is 53.4 Å². The minimum Gasteiger partial charge on any atom is -0.507 e. The van der Waals surface area contributed by atoms with Gasteiger partial charge < -0.3 is 10.0 Å². The van der Waals surface area contributed by atoms with Gasteiger partial charge in [-0.2, -0.15) is 0 Å². The number of amides is 1. The number of aromatic nitrogens is 1. The Labute approximate surface area is 188 Å². The highest BCUT2D eigenvalue weighted by Gasteiger charge is 2.26. The maximum atomic E-state index is 13.0. The monoisotopic (exact) mass is 422 g/mol.